The van der Waals surface area contributed by atoms with Gasteiger partial charge in [-0.1, -0.05) is 0 Å². The van der Waals surface area contributed by atoms with Crippen molar-refractivity contribution in [1.29, 1.82) is 0 Å². The second-order valence-electron chi connectivity index (χ2n) is 5.90. The molecule has 0 aromatic rings. The van der Waals surface area contributed by atoms with Gasteiger partial charge in [-0.2, -0.15) is 0 Å². The SMILES string of the molecule is [2H]C([2H])([2H])C(N1CCN(C2CCN(C(C)C)C2C)CC1)C([2H])([2H])[2H]. The highest BCUT2D eigenvalue weighted by molar-refractivity contribution is 4.93. The highest BCUT2D eigenvalue weighted by Gasteiger charge is 2.36. The van der Waals surface area contributed by atoms with Gasteiger partial charge < -0.3 is 0 Å². The summed E-state index contributed by atoms with van der Waals surface area (Å²) in [6.45, 7) is 5.31. The maximum atomic E-state index is 7.62. The Kier molecular flexibility index (Phi) is 2.69. The highest BCUT2D eigenvalue weighted by atomic mass is 15.3. The predicted octanol–water partition coefficient (Wildman–Crippen LogP) is 1.88. The van der Waals surface area contributed by atoms with E-state index in [1.165, 1.54) is 0 Å². The second-order valence-corrected chi connectivity index (χ2v) is 5.90. The van der Waals surface area contributed by atoms with Crippen molar-refractivity contribution in [3.05, 3.63) is 0 Å². The van der Waals surface area contributed by atoms with Gasteiger partial charge >= 0.3 is 0 Å². The van der Waals surface area contributed by atoms with Crippen LogP contribution in [0.1, 0.15) is 49.1 Å². The number of nitrogens with zero attached hydrogens (tertiary/aromatic N) is 3. The molecule has 2 saturated heterocycles. The van der Waals surface area contributed by atoms with Crippen LogP contribution >= 0.6 is 0 Å². The third-order valence-corrected chi connectivity index (χ3v) is 4.61. The van der Waals surface area contributed by atoms with Crippen molar-refractivity contribution >= 4 is 0 Å². The molecule has 3 heteroatoms. The van der Waals surface area contributed by atoms with Gasteiger partial charge in [0.05, 0.1) is 0 Å². The second kappa shape index (κ2) is 5.89. The van der Waals surface area contributed by atoms with E-state index < -0.39 is 19.7 Å². The van der Waals surface area contributed by atoms with E-state index in [4.69, 9.17) is 8.22 Å². The van der Waals surface area contributed by atoms with Crippen LogP contribution in [-0.2, 0) is 0 Å². The van der Waals surface area contributed by atoms with Gasteiger partial charge in [0, 0.05) is 65.1 Å². The molecular weight excluding hydrogens is 222 g/mol. The minimum Gasteiger partial charge on any atom is -0.298 e. The molecule has 0 saturated carbocycles. The smallest absolute Gasteiger partial charge is 0.0262 e. The normalized spacial score (nSPS) is 39.2. The molecule has 0 radical (unpaired) electrons. The summed E-state index contributed by atoms with van der Waals surface area (Å²) >= 11 is 0. The van der Waals surface area contributed by atoms with E-state index in [1.54, 1.807) is 4.90 Å². The van der Waals surface area contributed by atoms with Gasteiger partial charge in [-0.3, -0.25) is 14.7 Å². The molecule has 0 spiro atoms. The number of piperazine rings is 1. The third kappa shape index (κ3) is 2.89. The summed E-state index contributed by atoms with van der Waals surface area (Å²) in [6, 6.07) is 0.133. The highest BCUT2D eigenvalue weighted by Crippen LogP contribution is 2.25. The fourth-order valence-corrected chi connectivity index (χ4v) is 3.49. The van der Waals surface area contributed by atoms with Gasteiger partial charge in [0.15, 0.2) is 0 Å². The molecule has 106 valence electrons. The zero-order valence-electron chi connectivity index (χ0n) is 17.9. The minimum atomic E-state index is -2.48. The molecule has 3 nitrogen and oxygen atoms in total. The van der Waals surface area contributed by atoms with Gasteiger partial charge in [-0.15, -0.1) is 0 Å². The summed E-state index contributed by atoms with van der Waals surface area (Å²) < 4.78 is 45.7. The Bertz CT molecular complexity index is 400. The van der Waals surface area contributed by atoms with E-state index in [0.29, 0.717) is 31.2 Å². The van der Waals surface area contributed by atoms with Crippen LogP contribution in [0.5, 0.6) is 0 Å². The van der Waals surface area contributed by atoms with Crippen molar-refractivity contribution in [3.63, 3.8) is 0 Å². The van der Waals surface area contributed by atoms with Gasteiger partial charge in [0.25, 0.3) is 0 Å². The summed E-state index contributed by atoms with van der Waals surface area (Å²) in [5.74, 6) is 0. The molecule has 2 unspecified atom stereocenters. The first kappa shape index (κ1) is 8.23. The number of hydrogen-bond acceptors (Lipinski definition) is 3. The van der Waals surface area contributed by atoms with Crippen molar-refractivity contribution in [2.75, 3.05) is 32.7 Å². The lowest BCUT2D eigenvalue weighted by atomic mass is 10.1. The van der Waals surface area contributed by atoms with Gasteiger partial charge in [0.2, 0.25) is 0 Å². The number of rotatable bonds is 3. The van der Waals surface area contributed by atoms with Crippen molar-refractivity contribution in [2.45, 2.75) is 65.1 Å². The molecule has 0 aromatic heterocycles. The standard InChI is InChI=1S/C15H31N3/c1-12(2)16-8-10-17(11-9-16)15-6-7-18(13(3)4)14(15)5/h12-15H,6-11H2,1-5H3/i1D3,2D3. The summed E-state index contributed by atoms with van der Waals surface area (Å²) in [7, 11) is 0. The first-order valence-corrected chi connectivity index (χ1v) is 7.16. The Hall–Kier alpha value is -0.120. The third-order valence-electron chi connectivity index (χ3n) is 4.61. The van der Waals surface area contributed by atoms with Crippen molar-refractivity contribution in [3.8, 4) is 0 Å². The molecule has 0 aromatic carbocycles. The van der Waals surface area contributed by atoms with Gasteiger partial charge in [-0.25, -0.2) is 0 Å². The van der Waals surface area contributed by atoms with Gasteiger partial charge in [-0.05, 0) is 40.9 Å². The van der Waals surface area contributed by atoms with Crippen molar-refractivity contribution in [2.24, 2.45) is 0 Å². The van der Waals surface area contributed by atoms with E-state index in [-0.39, 0.29) is 0 Å². The zero-order valence-corrected chi connectivity index (χ0v) is 11.9. The van der Waals surface area contributed by atoms with E-state index in [9.17, 15) is 0 Å². The Morgan fingerprint density at radius 1 is 1.00 bits per heavy atom. The van der Waals surface area contributed by atoms with E-state index >= 15 is 0 Å². The Labute approximate surface area is 122 Å². The lowest BCUT2D eigenvalue weighted by molar-refractivity contribution is 0.0620. The Balaban J connectivity index is 1.98. The summed E-state index contributed by atoms with van der Waals surface area (Å²) in [5.41, 5.74) is 0. The summed E-state index contributed by atoms with van der Waals surface area (Å²) in [4.78, 5) is 6.57. The summed E-state index contributed by atoms with van der Waals surface area (Å²) in [5, 5.41) is 0. The van der Waals surface area contributed by atoms with E-state index in [2.05, 4.69) is 30.6 Å². The van der Waals surface area contributed by atoms with E-state index in [0.717, 1.165) is 26.1 Å². The van der Waals surface area contributed by atoms with Gasteiger partial charge in [0.1, 0.15) is 0 Å². The molecule has 0 amide bonds. The number of likely N-dealkylation sites (tertiary alicyclic amines) is 1. The molecule has 2 aliphatic heterocycles. The molecule has 0 aliphatic carbocycles. The predicted molar refractivity (Wildman–Crippen MR) is 78.0 cm³/mol. The Morgan fingerprint density at radius 2 is 1.67 bits per heavy atom. The van der Waals surface area contributed by atoms with Crippen LogP contribution in [-0.4, -0.2) is 71.6 Å². The largest absolute Gasteiger partial charge is 0.298 e. The fraction of sp³-hybridized carbons (Fsp3) is 1.00. The monoisotopic (exact) mass is 259 g/mol. The summed E-state index contributed by atoms with van der Waals surface area (Å²) in [6.07, 6.45) is 1.13. The molecule has 2 rings (SSSR count). The van der Waals surface area contributed by atoms with Crippen LogP contribution in [0.4, 0.5) is 0 Å². The van der Waals surface area contributed by atoms with Crippen molar-refractivity contribution in [1.82, 2.24) is 14.7 Å². The van der Waals surface area contributed by atoms with Crippen molar-refractivity contribution < 1.29 is 8.22 Å². The fourth-order valence-electron chi connectivity index (χ4n) is 3.49. The van der Waals surface area contributed by atoms with Crippen LogP contribution in [0.2, 0.25) is 0 Å². The van der Waals surface area contributed by atoms with Crippen LogP contribution < -0.4 is 0 Å². The van der Waals surface area contributed by atoms with Crippen LogP contribution in [0, 0.1) is 0 Å². The topological polar surface area (TPSA) is 9.72 Å². The first-order chi connectivity index (χ1) is 10.9. The van der Waals surface area contributed by atoms with Crippen LogP contribution in [0.3, 0.4) is 0 Å². The molecule has 2 heterocycles. The van der Waals surface area contributed by atoms with Crippen LogP contribution in [0.15, 0.2) is 0 Å². The minimum absolute atomic E-state index is 0.480. The maximum absolute atomic E-state index is 7.62. The molecule has 0 N–H and O–H groups in total. The molecule has 18 heavy (non-hydrogen) atoms. The first-order valence-electron chi connectivity index (χ1n) is 10.2. The molecular formula is C15H31N3. The molecule has 2 atom stereocenters. The van der Waals surface area contributed by atoms with E-state index in [1.807, 2.05) is 0 Å². The zero-order chi connectivity index (χ0) is 18.3. The lowest BCUT2D eigenvalue weighted by Crippen LogP contribution is -2.54. The maximum Gasteiger partial charge on any atom is 0.0262 e. The number of hydrogen-bond donors (Lipinski definition) is 0. The molecule has 0 bridgehead atoms. The Morgan fingerprint density at radius 3 is 2.17 bits per heavy atom. The van der Waals surface area contributed by atoms with Crippen LogP contribution in [0.25, 0.3) is 0 Å². The quantitative estimate of drug-likeness (QED) is 0.766. The molecule has 2 aliphatic rings. The lowest BCUT2D eigenvalue weighted by Gasteiger charge is -2.41. The molecule has 2 fully saturated rings. The average molecular weight is 259 g/mol. The average Bonchev–Trinajstić information content (AvgIpc) is 2.78.